The summed E-state index contributed by atoms with van der Waals surface area (Å²) in [6.07, 6.45) is -0.304. The Labute approximate surface area is 227 Å². The van der Waals surface area contributed by atoms with E-state index in [1.807, 2.05) is 36.4 Å². The summed E-state index contributed by atoms with van der Waals surface area (Å²) in [5, 5.41) is 9.03. The van der Waals surface area contributed by atoms with Crippen LogP contribution in [0.25, 0.3) is 0 Å². The summed E-state index contributed by atoms with van der Waals surface area (Å²) in [7, 11) is -2.18. The molecule has 1 heterocycles. The van der Waals surface area contributed by atoms with E-state index in [0.717, 1.165) is 11.1 Å². The van der Waals surface area contributed by atoms with E-state index in [9.17, 15) is 17.2 Å². The third-order valence-electron chi connectivity index (χ3n) is 6.44. The highest BCUT2D eigenvalue weighted by atomic mass is 32.2. The number of rotatable bonds is 11. The van der Waals surface area contributed by atoms with Gasteiger partial charge in [0.2, 0.25) is 10.0 Å². The van der Waals surface area contributed by atoms with E-state index in [4.69, 9.17) is 14.7 Å². The molecule has 1 aliphatic rings. The van der Waals surface area contributed by atoms with E-state index in [2.05, 4.69) is 15.7 Å². The van der Waals surface area contributed by atoms with E-state index in [1.54, 1.807) is 19.2 Å². The molecule has 0 amide bonds. The summed E-state index contributed by atoms with van der Waals surface area (Å²) in [5.41, 5.74) is 2.44. The van der Waals surface area contributed by atoms with Gasteiger partial charge in [0.05, 0.1) is 36.3 Å². The van der Waals surface area contributed by atoms with Gasteiger partial charge in [0.1, 0.15) is 11.5 Å². The highest BCUT2D eigenvalue weighted by Gasteiger charge is 2.30. The zero-order valence-corrected chi connectivity index (χ0v) is 22.2. The number of hydrogen-bond acceptors (Lipinski definition) is 7. The molecule has 0 spiro atoms. The van der Waals surface area contributed by atoms with E-state index in [-0.39, 0.29) is 29.8 Å². The maximum atomic E-state index is 13.1. The van der Waals surface area contributed by atoms with Crippen molar-refractivity contribution in [3.8, 4) is 17.6 Å². The molecule has 0 aliphatic carbocycles. The standard InChI is InChI=1S/C28H29F2N3O5S/c1-36-25-4-2-3-23(17-25)27(37-20-22-7-5-21(18-31)6-8-22)19-32-13-15-33(16-14-32)39(34,35)26-11-9-24(10-12-26)38-28(29)30/h2-12,17,27-28H,13-16,19-20H2,1H3/t27-/m1/s1. The number of piperazine rings is 1. The number of methoxy groups -OCH3 is 1. The predicted molar refractivity (Wildman–Crippen MR) is 140 cm³/mol. The van der Waals surface area contributed by atoms with Crippen LogP contribution >= 0.6 is 0 Å². The Balaban J connectivity index is 1.41. The Morgan fingerprint density at radius 2 is 1.64 bits per heavy atom. The fourth-order valence-corrected chi connectivity index (χ4v) is 5.72. The average Bonchev–Trinajstić information content (AvgIpc) is 2.95. The first-order chi connectivity index (χ1) is 18.8. The van der Waals surface area contributed by atoms with Crippen LogP contribution in [0, 0.1) is 11.3 Å². The van der Waals surface area contributed by atoms with Crippen molar-refractivity contribution in [2.24, 2.45) is 0 Å². The second-order valence-corrected chi connectivity index (χ2v) is 10.9. The molecule has 206 valence electrons. The van der Waals surface area contributed by atoms with Crippen molar-refractivity contribution >= 4 is 10.0 Å². The molecule has 39 heavy (non-hydrogen) atoms. The molecule has 0 bridgehead atoms. The van der Waals surface area contributed by atoms with Crippen molar-refractivity contribution < 1.29 is 31.4 Å². The number of benzene rings is 3. The maximum Gasteiger partial charge on any atom is 0.387 e. The molecule has 1 fully saturated rings. The molecule has 0 unspecified atom stereocenters. The van der Waals surface area contributed by atoms with E-state index < -0.39 is 16.6 Å². The number of sulfonamides is 1. The Morgan fingerprint density at radius 1 is 0.949 bits per heavy atom. The van der Waals surface area contributed by atoms with Crippen molar-refractivity contribution in [2.45, 2.75) is 24.2 Å². The summed E-state index contributed by atoms with van der Waals surface area (Å²) in [4.78, 5) is 2.17. The van der Waals surface area contributed by atoms with Gasteiger partial charge >= 0.3 is 6.61 Å². The molecular weight excluding hydrogens is 528 g/mol. The first-order valence-corrected chi connectivity index (χ1v) is 13.7. The molecule has 11 heteroatoms. The fourth-order valence-electron chi connectivity index (χ4n) is 4.30. The number of hydrogen-bond donors (Lipinski definition) is 0. The van der Waals surface area contributed by atoms with Gasteiger partial charge < -0.3 is 14.2 Å². The number of nitriles is 1. The highest BCUT2D eigenvalue weighted by molar-refractivity contribution is 7.89. The largest absolute Gasteiger partial charge is 0.497 e. The van der Waals surface area contributed by atoms with Gasteiger partial charge in [-0.2, -0.15) is 18.3 Å². The van der Waals surface area contributed by atoms with Gasteiger partial charge in [-0.25, -0.2) is 8.42 Å². The number of ether oxygens (including phenoxy) is 3. The number of nitrogens with zero attached hydrogens (tertiary/aromatic N) is 3. The lowest BCUT2D eigenvalue weighted by molar-refractivity contribution is -0.0498. The van der Waals surface area contributed by atoms with Gasteiger partial charge in [-0.15, -0.1) is 0 Å². The monoisotopic (exact) mass is 557 g/mol. The third kappa shape index (κ3) is 7.52. The van der Waals surface area contributed by atoms with Crippen molar-refractivity contribution in [1.82, 2.24) is 9.21 Å². The van der Waals surface area contributed by atoms with Crippen molar-refractivity contribution in [3.05, 3.63) is 89.5 Å². The van der Waals surface area contributed by atoms with Crippen LogP contribution in [0.4, 0.5) is 8.78 Å². The minimum atomic E-state index is -3.78. The van der Waals surface area contributed by atoms with E-state index >= 15 is 0 Å². The summed E-state index contributed by atoms with van der Waals surface area (Å²) >= 11 is 0. The summed E-state index contributed by atoms with van der Waals surface area (Å²) in [6, 6.07) is 22.0. The number of halogens is 2. The van der Waals surface area contributed by atoms with Gasteiger partial charge in [-0.05, 0) is 59.7 Å². The van der Waals surface area contributed by atoms with Gasteiger partial charge in [-0.3, -0.25) is 4.90 Å². The van der Waals surface area contributed by atoms with Gasteiger partial charge in [0, 0.05) is 32.7 Å². The highest BCUT2D eigenvalue weighted by Crippen LogP contribution is 2.26. The average molecular weight is 558 g/mol. The van der Waals surface area contributed by atoms with Gasteiger partial charge in [0.15, 0.2) is 0 Å². The fraction of sp³-hybridized carbons (Fsp3) is 0.321. The molecule has 1 saturated heterocycles. The molecule has 8 nitrogen and oxygen atoms in total. The van der Waals surface area contributed by atoms with E-state index in [1.165, 1.54) is 28.6 Å². The van der Waals surface area contributed by atoms with Crippen LogP contribution in [0.1, 0.15) is 22.8 Å². The molecule has 3 aromatic rings. The summed E-state index contributed by atoms with van der Waals surface area (Å²) in [6.45, 7) is -0.561. The van der Waals surface area contributed by atoms with Crippen molar-refractivity contribution in [3.63, 3.8) is 0 Å². The zero-order valence-electron chi connectivity index (χ0n) is 21.4. The minimum absolute atomic E-state index is 0.0255. The van der Waals surface area contributed by atoms with Crippen LogP contribution in [-0.4, -0.2) is 64.1 Å². The summed E-state index contributed by atoms with van der Waals surface area (Å²) < 4.78 is 68.4. The zero-order chi connectivity index (χ0) is 27.8. The molecule has 0 saturated carbocycles. The van der Waals surface area contributed by atoms with Crippen LogP contribution in [0.5, 0.6) is 11.5 Å². The Morgan fingerprint density at radius 3 is 2.26 bits per heavy atom. The molecular formula is C28H29F2N3O5S. The lowest BCUT2D eigenvalue weighted by Gasteiger charge is -2.36. The third-order valence-corrected chi connectivity index (χ3v) is 8.35. The quantitative estimate of drug-likeness (QED) is 0.344. The van der Waals surface area contributed by atoms with Crippen LogP contribution in [0.2, 0.25) is 0 Å². The maximum absolute atomic E-state index is 13.1. The Bertz CT molecular complexity index is 1370. The van der Waals surface area contributed by atoms with Crippen LogP contribution in [-0.2, 0) is 21.4 Å². The second kappa shape index (κ2) is 13.0. The molecule has 0 aromatic heterocycles. The van der Waals surface area contributed by atoms with Gasteiger partial charge in [0.25, 0.3) is 0 Å². The van der Waals surface area contributed by atoms with E-state index in [0.29, 0.717) is 37.6 Å². The van der Waals surface area contributed by atoms with Crippen molar-refractivity contribution in [2.75, 3.05) is 39.8 Å². The second-order valence-electron chi connectivity index (χ2n) is 8.94. The first kappa shape index (κ1) is 28.4. The minimum Gasteiger partial charge on any atom is -0.497 e. The predicted octanol–water partition coefficient (Wildman–Crippen LogP) is 4.43. The van der Waals surface area contributed by atoms with Crippen molar-refractivity contribution in [1.29, 1.82) is 5.26 Å². The first-order valence-electron chi connectivity index (χ1n) is 12.3. The van der Waals surface area contributed by atoms with Crippen LogP contribution < -0.4 is 9.47 Å². The topological polar surface area (TPSA) is 92.1 Å². The Hall–Kier alpha value is -3.56. The normalized spacial score (nSPS) is 15.6. The molecule has 3 aromatic carbocycles. The molecule has 0 radical (unpaired) electrons. The molecule has 1 atom stereocenters. The molecule has 1 aliphatic heterocycles. The Kier molecular flexibility index (Phi) is 9.48. The number of alkyl halides is 2. The smallest absolute Gasteiger partial charge is 0.387 e. The molecule has 0 N–H and O–H groups in total. The summed E-state index contributed by atoms with van der Waals surface area (Å²) in [5.74, 6) is 0.610. The lowest BCUT2D eigenvalue weighted by atomic mass is 10.1. The lowest BCUT2D eigenvalue weighted by Crippen LogP contribution is -2.49. The SMILES string of the molecule is COc1cccc([C@@H](CN2CCN(S(=O)(=O)c3ccc(OC(F)F)cc3)CC2)OCc2ccc(C#N)cc2)c1. The van der Waals surface area contributed by atoms with Gasteiger partial charge in [-0.1, -0.05) is 24.3 Å². The van der Waals surface area contributed by atoms with Crippen LogP contribution in [0.15, 0.2) is 77.7 Å². The molecule has 4 rings (SSSR count). The van der Waals surface area contributed by atoms with Crippen LogP contribution in [0.3, 0.4) is 0 Å².